The fourth-order valence-electron chi connectivity index (χ4n) is 0.678. The van der Waals surface area contributed by atoms with Crippen LogP contribution in [0.1, 0.15) is 11.1 Å². The Morgan fingerprint density at radius 3 is 2.91 bits per heavy atom. The van der Waals surface area contributed by atoms with Gasteiger partial charge in [0.1, 0.15) is 6.07 Å². The number of aromatic hydroxyl groups is 1. The maximum Gasteiger partial charge on any atom is 0.248 e. The Hall–Kier alpha value is -1.63. The zero-order chi connectivity index (χ0) is 8.43. The third-order valence-corrected chi connectivity index (χ3v) is 1.37. The molecule has 56 valence electrons. The second kappa shape index (κ2) is 2.54. The summed E-state index contributed by atoms with van der Waals surface area (Å²) in [6.07, 6.45) is 1.13. The number of pyridine rings is 1. The minimum Gasteiger partial charge on any atom is -0.491 e. The highest BCUT2D eigenvalue weighted by Gasteiger charge is 2.08. The lowest BCUT2D eigenvalue weighted by Gasteiger charge is -1.98. The van der Waals surface area contributed by atoms with E-state index in [9.17, 15) is 4.39 Å². The van der Waals surface area contributed by atoms with E-state index in [0.717, 1.165) is 6.20 Å². The molecule has 0 bridgehead atoms. The fourth-order valence-corrected chi connectivity index (χ4v) is 0.678. The van der Waals surface area contributed by atoms with E-state index in [4.69, 9.17) is 10.4 Å². The van der Waals surface area contributed by atoms with Crippen LogP contribution in [0.5, 0.6) is 5.88 Å². The lowest BCUT2D eigenvalue weighted by molar-refractivity contribution is 0.409. The Morgan fingerprint density at radius 2 is 2.36 bits per heavy atom. The second-order valence-corrected chi connectivity index (χ2v) is 2.05. The molecule has 1 aromatic rings. The standard InChI is InChI=1S/C7H5FN2O/c1-4-5(2-9)3-10-7(11)6(4)8/h3H,1H3,(H,10,11). The molecule has 0 aliphatic heterocycles. The van der Waals surface area contributed by atoms with Gasteiger partial charge in [0.2, 0.25) is 5.88 Å². The Balaban J connectivity index is 3.40. The van der Waals surface area contributed by atoms with E-state index in [1.807, 2.05) is 0 Å². The Morgan fingerprint density at radius 1 is 1.73 bits per heavy atom. The molecule has 1 heterocycles. The molecule has 0 aliphatic rings. The van der Waals surface area contributed by atoms with E-state index < -0.39 is 11.7 Å². The first-order valence-corrected chi connectivity index (χ1v) is 2.91. The molecule has 1 aromatic heterocycles. The predicted octanol–water partition coefficient (Wildman–Crippen LogP) is 1.11. The largest absolute Gasteiger partial charge is 0.491 e. The van der Waals surface area contributed by atoms with E-state index in [1.54, 1.807) is 6.07 Å². The number of halogens is 1. The topological polar surface area (TPSA) is 56.9 Å². The number of hydrogen-bond donors (Lipinski definition) is 1. The highest BCUT2D eigenvalue weighted by molar-refractivity contribution is 5.37. The summed E-state index contributed by atoms with van der Waals surface area (Å²) in [6.45, 7) is 1.41. The number of nitrogens with zero attached hydrogens (tertiary/aromatic N) is 2. The molecule has 0 radical (unpaired) electrons. The third kappa shape index (κ3) is 1.13. The van der Waals surface area contributed by atoms with Gasteiger partial charge in [-0.2, -0.15) is 5.26 Å². The van der Waals surface area contributed by atoms with Crippen molar-refractivity contribution in [2.75, 3.05) is 0 Å². The first kappa shape index (κ1) is 7.48. The van der Waals surface area contributed by atoms with Gasteiger partial charge in [-0.05, 0) is 6.92 Å². The van der Waals surface area contributed by atoms with Crippen molar-refractivity contribution in [2.24, 2.45) is 0 Å². The molecule has 3 nitrogen and oxygen atoms in total. The summed E-state index contributed by atoms with van der Waals surface area (Å²) in [4.78, 5) is 3.27. The molecule has 0 unspecified atom stereocenters. The zero-order valence-corrected chi connectivity index (χ0v) is 5.80. The molecular weight excluding hydrogens is 147 g/mol. The predicted molar refractivity (Wildman–Crippen MR) is 35.3 cm³/mol. The fraction of sp³-hybridized carbons (Fsp3) is 0.143. The van der Waals surface area contributed by atoms with Crippen LogP contribution in [0.15, 0.2) is 6.20 Å². The first-order valence-electron chi connectivity index (χ1n) is 2.91. The van der Waals surface area contributed by atoms with E-state index in [2.05, 4.69) is 4.98 Å². The number of nitriles is 1. The highest BCUT2D eigenvalue weighted by atomic mass is 19.1. The second-order valence-electron chi connectivity index (χ2n) is 2.05. The lowest BCUT2D eigenvalue weighted by atomic mass is 10.2. The van der Waals surface area contributed by atoms with Gasteiger partial charge in [-0.25, -0.2) is 9.37 Å². The molecule has 0 aromatic carbocycles. The van der Waals surface area contributed by atoms with Gasteiger partial charge in [-0.15, -0.1) is 0 Å². The Labute approximate surface area is 62.7 Å². The SMILES string of the molecule is Cc1c(C#N)cnc(O)c1F. The summed E-state index contributed by atoms with van der Waals surface area (Å²) < 4.78 is 12.7. The minimum atomic E-state index is -0.830. The summed E-state index contributed by atoms with van der Waals surface area (Å²) in [5.41, 5.74) is 0.264. The highest BCUT2D eigenvalue weighted by Crippen LogP contribution is 2.17. The molecule has 4 heteroatoms. The molecule has 0 saturated carbocycles. The molecule has 0 saturated heterocycles. The summed E-state index contributed by atoms with van der Waals surface area (Å²) in [5.74, 6) is -1.49. The van der Waals surface area contributed by atoms with Crippen LogP contribution in [0.3, 0.4) is 0 Å². The van der Waals surface area contributed by atoms with Crippen molar-refractivity contribution in [3.63, 3.8) is 0 Å². The molecule has 11 heavy (non-hydrogen) atoms. The van der Waals surface area contributed by atoms with E-state index in [1.165, 1.54) is 6.92 Å². The van der Waals surface area contributed by atoms with Crippen LogP contribution in [0.2, 0.25) is 0 Å². The van der Waals surface area contributed by atoms with Gasteiger partial charge in [-0.1, -0.05) is 0 Å². The summed E-state index contributed by atoms with van der Waals surface area (Å²) >= 11 is 0. The van der Waals surface area contributed by atoms with Crippen molar-refractivity contribution in [3.05, 3.63) is 23.1 Å². The van der Waals surface area contributed by atoms with Crippen molar-refractivity contribution in [1.82, 2.24) is 4.98 Å². The van der Waals surface area contributed by atoms with E-state index in [0.29, 0.717) is 0 Å². The quantitative estimate of drug-likeness (QED) is 0.605. The molecule has 0 spiro atoms. The van der Waals surface area contributed by atoms with Gasteiger partial charge in [0, 0.05) is 11.8 Å². The third-order valence-electron chi connectivity index (χ3n) is 1.37. The van der Waals surface area contributed by atoms with Gasteiger partial charge in [-0.3, -0.25) is 0 Å². The van der Waals surface area contributed by atoms with Crippen LogP contribution in [-0.2, 0) is 0 Å². The van der Waals surface area contributed by atoms with Crippen LogP contribution in [0, 0.1) is 24.1 Å². The van der Waals surface area contributed by atoms with Gasteiger partial charge in [0.05, 0.1) is 5.56 Å². The maximum absolute atomic E-state index is 12.7. The normalized spacial score (nSPS) is 9.18. The first-order chi connectivity index (χ1) is 5.16. The number of aromatic nitrogens is 1. The van der Waals surface area contributed by atoms with Gasteiger partial charge < -0.3 is 5.11 Å². The van der Waals surface area contributed by atoms with Crippen LogP contribution in [0.25, 0.3) is 0 Å². The van der Waals surface area contributed by atoms with Crippen molar-refractivity contribution >= 4 is 0 Å². The summed E-state index contributed by atoms with van der Waals surface area (Å²) in [6, 6.07) is 1.75. The van der Waals surface area contributed by atoms with Crippen molar-refractivity contribution in [2.45, 2.75) is 6.92 Å². The number of rotatable bonds is 0. The lowest BCUT2D eigenvalue weighted by Crippen LogP contribution is -1.91. The molecular formula is C7H5FN2O. The van der Waals surface area contributed by atoms with Crippen LogP contribution in [-0.4, -0.2) is 10.1 Å². The number of hydrogen-bond acceptors (Lipinski definition) is 3. The summed E-state index contributed by atoms with van der Waals surface area (Å²) in [7, 11) is 0. The molecule has 1 N–H and O–H groups in total. The zero-order valence-electron chi connectivity index (χ0n) is 5.80. The molecule has 0 fully saturated rings. The maximum atomic E-state index is 12.7. The van der Waals surface area contributed by atoms with Crippen molar-refractivity contribution in [3.8, 4) is 11.9 Å². The molecule has 0 atom stereocenters. The summed E-state index contributed by atoms with van der Waals surface area (Å²) in [5, 5.41) is 17.1. The van der Waals surface area contributed by atoms with Crippen LogP contribution in [0.4, 0.5) is 4.39 Å². The Bertz CT molecular complexity index is 330. The van der Waals surface area contributed by atoms with Crippen LogP contribution < -0.4 is 0 Å². The molecule has 0 amide bonds. The average Bonchev–Trinajstić information content (AvgIpc) is 2.01. The molecule has 1 rings (SSSR count). The van der Waals surface area contributed by atoms with E-state index in [-0.39, 0.29) is 11.1 Å². The average molecular weight is 152 g/mol. The van der Waals surface area contributed by atoms with Gasteiger partial charge in [0.15, 0.2) is 5.82 Å². The van der Waals surface area contributed by atoms with Crippen molar-refractivity contribution in [1.29, 1.82) is 5.26 Å². The minimum absolute atomic E-state index is 0.125. The van der Waals surface area contributed by atoms with Crippen LogP contribution >= 0.6 is 0 Å². The van der Waals surface area contributed by atoms with Gasteiger partial charge in [0.25, 0.3) is 0 Å². The van der Waals surface area contributed by atoms with Gasteiger partial charge >= 0.3 is 0 Å². The smallest absolute Gasteiger partial charge is 0.248 e. The monoisotopic (exact) mass is 152 g/mol. The van der Waals surface area contributed by atoms with Crippen molar-refractivity contribution < 1.29 is 9.50 Å². The van der Waals surface area contributed by atoms with E-state index >= 15 is 0 Å². The molecule has 0 aliphatic carbocycles. The Kier molecular flexibility index (Phi) is 1.73.